The van der Waals surface area contributed by atoms with Crippen molar-refractivity contribution >= 4 is 5.69 Å². The predicted molar refractivity (Wildman–Crippen MR) is 59.2 cm³/mol. The lowest BCUT2D eigenvalue weighted by Gasteiger charge is -2.15. The zero-order valence-electron chi connectivity index (χ0n) is 8.16. The van der Waals surface area contributed by atoms with Gasteiger partial charge in [0, 0.05) is 12.2 Å². The molecule has 1 aromatic carbocycles. The molecule has 0 atom stereocenters. The van der Waals surface area contributed by atoms with E-state index in [1.807, 2.05) is 0 Å². The smallest absolute Gasteiger partial charge is 0.0795 e. The van der Waals surface area contributed by atoms with Gasteiger partial charge in [0.25, 0.3) is 0 Å². The van der Waals surface area contributed by atoms with Crippen molar-refractivity contribution in [3.05, 3.63) is 29.8 Å². The number of para-hydroxylation sites is 1. The van der Waals surface area contributed by atoms with Crippen molar-refractivity contribution in [3.8, 4) is 11.8 Å². The highest BCUT2D eigenvalue weighted by Crippen LogP contribution is 2.26. The van der Waals surface area contributed by atoms with Crippen molar-refractivity contribution in [1.82, 2.24) is 0 Å². The third-order valence-corrected chi connectivity index (χ3v) is 2.48. The second-order valence-electron chi connectivity index (χ2n) is 3.36. The maximum Gasteiger partial charge on any atom is 0.0795 e. The zero-order valence-corrected chi connectivity index (χ0v) is 8.16. The lowest BCUT2D eigenvalue weighted by molar-refractivity contribution is 0.914. The Balaban J connectivity index is 2.10. The summed E-state index contributed by atoms with van der Waals surface area (Å²) in [6.07, 6.45) is 1.14. The number of nitrogens with zero attached hydrogens (tertiary/aromatic N) is 1. The van der Waals surface area contributed by atoms with E-state index in [2.05, 4.69) is 41.0 Å². The van der Waals surface area contributed by atoms with E-state index in [-0.39, 0.29) is 0 Å². The number of nitrogens with two attached hydrogens (primary N) is 1. The molecule has 1 heterocycles. The van der Waals surface area contributed by atoms with Crippen molar-refractivity contribution in [2.45, 2.75) is 6.42 Å². The van der Waals surface area contributed by atoms with E-state index in [0.29, 0.717) is 6.54 Å². The van der Waals surface area contributed by atoms with Gasteiger partial charge < -0.3 is 10.6 Å². The Morgan fingerprint density at radius 2 is 2.14 bits per heavy atom. The second kappa shape index (κ2) is 4.17. The highest BCUT2D eigenvalue weighted by molar-refractivity contribution is 5.58. The molecule has 1 aliphatic rings. The number of anilines is 1. The van der Waals surface area contributed by atoms with Crippen LogP contribution in [0.4, 0.5) is 5.69 Å². The summed E-state index contributed by atoms with van der Waals surface area (Å²) in [6.45, 7) is 2.34. The van der Waals surface area contributed by atoms with Crippen molar-refractivity contribution < 1.29 is 0 Å². The van der Waals surface area contributed by atoms with E-state index < -0.39 is 0 Å². The van der Waals surface area contributed by atoms with Crippen LogP contribution in [0.2, 0.25) is 0 Å². The van der Waals surface area contributed by atoms with Crippen LogP contribution >= 0.6 is 0 Å². The monoisotopic (exact) mass is 186 g/mol. The van der Waals surface area contributed by atoms with Gasteiger partial charge in [0.1, 0.15) is 0 Å². The van der Waals surface area contributed by atoms with Gasteiger partial charge in [0.2, 0.25) is 0 Å². The minimum atomic E-state index is 0.454. The molecule has 1 aliphatic heterocycles. The minimum Gasteiger partial charge on any atom is -0.360 e. The number of rotatable bonds is 1. The molecule has 0 fully saturated rings. The van der Waals surface area contributed by atoms with Crippen molar-refractivity contribution in [1.29, 1.82) is 0 Å². The van der Waals surface area contributed by atoms with Crippen LogP contribution in [0, 0.1) is 11.8 Å². The molecular formula is C12H14N2. The molecule has 0 radical (unpaired) electrons. The fourth-order valence-corrected chi connectivity index (χ4v) is 1.79. The fraction of sp³-hybridized carbons (Fsp3) is 0.333. The molecule has 0 saturated heterocycles. The molecule has 2 nitrogen and oxygen atoms in total. The van der Waals surface area contributed by atoms with Crippen LogP contribution in [-0.4, -0.2) is 19.6 Å². The maximum absolute atomic E-state index is 5.32. The maximum atomic E-state index is 5.32. The normalized spacial score (nSPS) is 13.4. The average molecular weight is 186 g/mol. The van der Waals surface area contributed by atoms with Crippen LogP contribution < -0.4 is 10.6 Å². The van der Waals surface area contributed by atoms with Gasteiger partial charge >= 0.3 is 0 Å². The summed E-state index contributed by atoms with van der Waals surface area (Å²) in [5.74, 6) is 5.96. The molecule has 2 rings (SSSR count). The Hall–Kier alpha value is -1.46. The Morgan fingerprint density at radius 1 is 1.29 bits per heavy atom. The summed E-state index contributed by atoms with van der Waals surface area (Å²) < 4.78 is 0. The first-order valence-electron chi connectivity index (χ1n) is 4.90. The van der Waals surface area contributed by atoms with Gasteiger partial charge in [-0.2, -0.15) is 0 Å². The summed E-state index contributed by atoms with van der Waals surface area (Å²) in [5, 5.41) is 0. The molecule has 72 valence electrons. The van der Waals surface area contributed by atoms with E-state index >= 15 is 0 Å². The Morgan fingerprint density at radius 3 is 3.00 bits per heavy atom. The Labute approximate surface area is 84.7 Å². The summed E-state index contributed by atoms with van der Waals surface area (Å²) in [6, 6.07) is 8.51. The molecule has 2 N–H and O–H groups in total. The first-order chi connectivity index (χ1) is 6.92. The molecule has 0 bridgehead atoms. The van der Waals surface area contributed by atoms with Gasteiger partial charge in [0.05, 0.1) is 13.1 Å². The summed E-state index contributed by atoms with van der Waals surface area (Å²) in [4.78, 5) is 2.30. The third-order valence-electron chi connectivity index (χ3n) is 2.48. The van der Waals surface area contributed by atoms with Crippen LogP contribution in [0.25, 0.3) is 0 Å². The van der Waals surface area contributed by atoms with Gasteiger partial charge in [-0.15, -0.1) is 0 Å². The topological polar surface area (TPSA) is 29.3 Å². The first-order valence-corrected chi connectivity index (χ1v) is 4.90. The van der Waals surface area contributed by atoms with Crippen LogP contribution in [0.5, 0.6) is 0 Å². The van der Waals surface area contributed by atoms with Crippen molar-refractivity contribution in [2.24, 2.45) is 5.73 Å². The number of benzene rings is 1. The number of fused-ring (bicyclic) bond motifs is 1. The molecule has 1 aromatic rings. The molecule has 0 aromatic heterocycles. The predicted octanol–water partition coefficient (Wildman–Crippen LogP) is 1.01. The Bertz CT molecular complexity index is 373. The average Bonchev–Trinajstić information content (AvgIpc) is 2.63. The molecule has 14 heavy (non-hydrogen) atoms. The summed E-state index contributed by atoms with van der Waals surface area (Å²) >= 11 is 0. The summed E-state index contributed by atoms with van der Waals surface area (Å²) in [7, 11) is 0. The van der Waals surface area contributed by atoms with E-state index in [1.54, 1.807) is 0 Å². The second-order valence-corrected chi connectivity index (χ2v) is 3.36. The van der Waals surface area contributed by atoms with E-state index in [9.17, 15) is 0 Å². The van der Waals surface area contributed by atoms with Gasteiger partial charge in [-0.1, -0.05) is 30.0 Å². The van der Waals surface area contributed by atoms with Crippen molar-refractivity contribution in [2.75, 3.05) is 24.5 Å². The van der Waals surface area contributed by atoms with Crippen LogP contribution in [0.15, 0.2) is 24.3 Å². The molecule has 0 aliphatic carbocycles. The quantitative estimate of drug-likeness (QED) is 0.663. The van der Waals surface area contributed by atoms with Gasteiger partial charge in [-0.3, -0.25) is 0 Å². The van der Waals surface area contributed by atoms with Gasteiger partial charge in [0.15, 0.2) is 0 Å². The van der Waals surface area contributed by atoms with Gasteiger partial charge in [-0.25, -0.2) is 0 Å². The van der Waals surface area contributed by atoms with Crippen molar-refractivity contribution in [3.63, 3.8) is 0 Å². The zero-order chi connectivity index (χ0) is 9.80. The molecule has 0 unspecified atom stereocenters. The standard InChI is InChI=1S/C12H14N2/c13-8-3-4-9-14-10-7-11-5-1-2-6-12(11)14/h1-2,5-6H,7-10,13H2. The Kier molecular flexibility index (Phi) is 2.71. The SMILES string of the molecule is NCC#CCN1CCc2ccccc21. The summed E-state index contributed by atoms with van der Waals surface area (Å²) in [5.41, 5.74) is 8.08. The fourth-order valence-electron chi connectivity index (χ4n) is 1.79. The molecule has 2 heteroatoms. The molecule has 0 spiro atoms. The largest absolute Gasteiger partial charge is 0.360 e. The number of hydrogen-bond donors (Lipinski definition) is 1. The van der Waals surface area contributed by atoms with Gasteiger partial charge in [-0.05, 0) is 18.1 Å². The van der Waals surface area contributed by atoms with E-state index in [4.69, 9.17) is 5.73 Å². The lowest BCUT2D eigenvalue weighted by atomic mass is 10.2. The number of hydrogen-bond acceptors (Lipinski definition) is 2. The third kappa shape index (κ3) is 1.73. The molecule has 0 saturated carbocycles. The molecule has 0 amide bonds. The van der Waals surface area contributed by atoms with Crippen LogP contribution in [-0.2, 0) is 6.42 Å². The van der Waals surface area contributed by atoms with Crippen LogP contribution in [0.1, 0.15) is 5.56 Å². The molecular weight excluding hydrogens is 172 g/mol. The lowest BCUT2D eigenvalue weighted by Crippen LogP contribution is -2.20. The highest BCUT2D eigenvalue weighted by Gasteiger charge is 2.16. The highest BCUT2D eigenvalue weighted by atomic mass is 15.1. The first kappa shape index (κ1) is 9.11. The van der Waals surface area contributed by atoms with E-state index in [0.717, 1.165) is 19.5 Å². The van der Waals surface area contributed by atoms with E-state index in [1.165, 1.54) is 11.3 Å². The minimum absolute atomic E-state index is 0.454. The van der Waals surface area contributed by atoms with Crippen LogP contribution in [0.3, 0.4) is 0 Å².